The van der Waals surface area contributed by atoms with Crippen LogP contribution in [0.1, 0.15) is 46.0 Å². The molecule has 1 N–H and O–H groups in total. The van der Waals surface area contributed by atoms with Crippen LogP contribution in [0.2, 0.25) is 0 Å². The van der Waals surface area contributed by atoms with Gasteiger partial charge in [0, 0.05) is 37.6 Å². The number of nitrogens with zero attached hydrogens (tertiary/aromatic N) is 2. The monoisotopic (exact) mass is 373 g/mol. The van der Waals surface area contributed by atoms with Crippen molar-refractivity contribution in [2.75, 3.05) is 36.4 Å². The lowest BCUT2D eigenvalue weighted by atomic mass is 10.1. The van der Waals surface area contributed by atoms with Gasteiger partial charge in [0.1, 0.15) is 0 Å². The summed E-state index contributed by atoms with van der Waals surface area (Å²) in [5, 5.41) is 2.75. The number of hydrogen-bond acceptors (Lipinski definition) is 4. The van der Waals surface area contributed by atoms with Gasteiger partial charge in [-0.1, -0.05) is 19.3 Å². The fourth-order valence-corrected chi connectivity index (χ4v) is 3.92. The van der Waals surface area contributed by atoms with Gasteiger partial charge < -0.3 is 19.9 Å². The van der Waals surface area contributed by atoms with Gasteiger partial charge in [0.05, 0.1) is 12.2 Å². The van der Waals surface area contributed by atoms with Crippen molar-refractivity contribution < 1.29 is 14.3 Å². The molecule has 2 amide bonds. The van der Waals surface area contributed by atoms with Gasteiger partial charge >= 0.3 is 11.8 Å². The van der Waals surface area contributed by atoms with Crippen LogP contribution in [0.15, 0.2) is 24.3 Å². The molecule has 0 unspecified atom stereocenters. The van der Waals surface area contributed by atoms with Gasteiger partial charge in [0.2, 0.25) is 0 Å². The maximum absolute atomic E-state index is 12.4. The molecular weight excluding hydrogens is 342 g/mol. The van der Waals surface area contributed by atoms with Crippen LogP contribution in [-0.2, 0) is 14.3 Å². The van der Waals surface area contributed by atoms with Gasteiger partial charge in [0.25, 0.3) is 0 Å². The lowest BCUT2D eigenvalue weighted by molar-refractivity contribution is -0.143. The molecule has 0 aromatic heterocycles. The second-order valence-corrected chi connectivity index (χ2v) is 7.72. The molecule has 3 rings (SSSR count). The number of anilines is 2. The Morgan fingerprint density at radius 1 is 0.926 bits per heavy atom. The van der Waals surface area contributed by atoms with Gasteiger partial charge in [-0.25, -0.2) is 0 Å². The average Bonchev–Trinajstić information content (AvgIpc) is 2.60. The van der Waals surface area contributed by atoms with E-state index in [1.165, 1.54) is 6.42 Å². The van der Waals surface area contributed by atoms with E-state index < -0.39 is 11.8 Å². The molecule has 0 saturated carbocycles. The van der Waals surface area contributed by atoms with E-state index in [0.29, 0.717) is 18.8 Å². The van der Waals surface area contributed by atoms with Crippen LogP contribution in [0.4, 0.5) is 11.4 Å². The van der Waals surface area contributed by atoms with Gasteiger partial charge in [-0.05, 0) is 51.0 Å². The largest absolute Gasteiger partial charge is 0.372 e. The van der Waals surface area contributed by atoms with E-state index in [0.717, 1.165) is 44.5 Å². The molecule has 148 valence electrons. The van der Waals surface area contributed by atoms with Gasteiger partial charge in [0.15, 0.2) is 0 Å². The fourth-order valence-electron chi connectivity index (χ4n) is 3.92. The van der Waals surface area contributed by atoms with Crippen molar-refractivity contribution in [3.05, 3.63) is 24.3 Å². The number of carbonyl (C=O) groups is 2. The molecule has 0 radical (unpaired) electrons. The second kappa shape index (κ2) is 9.22. The van der Waals surface area contributed by atoms with Crippen molar-refractivity contribution in [3.63, 3.8) is 0 Å². The first-order chi connectivity index (χ1) is 13.0. The highest BCUT2D eigenvalue weighted by Crippen LogP contribution is 2.22. The van der Waals surface area contributed by atoms with E-state index in [9.17, 15) is 9.59 Å². The van der Waals surface area contributed by atoms with Crippen LogP contribution in [0.3, 0.4) is 0 Å². The molecular formula is C21H31N3O3. The van der Waals surface area contributed by atoms with E-state index in [-0.39, 0.29) is 12.2 Å². The van der Waals surface area contributed by atoms with Crippen molar-refractivity contribution in [3.8, 4) is 0 Å². The lowest BCUT2D eigenvalue weighted by Gasteiger charge is -2.36. The minimum Gasteiger partial charge on any atom is -0.372 e. The van der Waals surface area contributed by atoms with Gasteiger partial charge in [-0.2, -0.15) is 0 Å². The zero-order valence-electron chi connectivity index (χ0n) is 16.4. The molecule has 27 heavy (non-hydrogen) atoms. The van der Waals surface area contributed by atoms with Crippen molar-refractivity contribution >= 4 is 23.2 Å². The van der Waals surface area contributed by atoms with E-state index in [1.54, 1.807) is 4.90 Å². The first-order valence-electron chi connectivity index (χ1n) is 10.1. The summed E-state index contributed by atoms with van der Waals surface area (Å²) in [6, 6.07) is 7.69. The number of benzene rings is 1. The SMILES string of the molecule is C[C@@H]1CN(c2ccc(NC(=O)C(=O)N3CCCCCCC3)cc2)C[C@@H](C)O1. The smallest absolute Gasteiger partial charge is 0.313 e. The van der Waals surface area contributed by atoms with Crippen LogP contribution < -0.4 is 10.2 Å². The highest BCUT2D eigenvalue weighted by Gasteiger charge is 2.24. The number of amides is 2. The number of rotatable bonds is 2. The van der Waals surface area contributed by atoms with Gasteiger partial charge in [-0.15, -0.1) is 0 Å². The number of morpholine rings is 1. The zero-order chi connectivity index (χ0) is 19.2. The van der Waals surface area contributed by atoms with Crippen molar-refractivity contribution in [2.24, 2.45) is 0 Å². The molecule has 0 spiro atoms. The molecule has 2 fully saturated rings. The number of likely N-dealkylation sites (tertiary alicyclic amines) is 1. The average molecular weight is 373 g/mol. The standard InChI is InChI=1S/C21H31N3O3/c1-16-14-24(15-17(2)27-16)19-10-8-18(9-11-19)22-20(25)21(26)23-12-6-4-3-5-7-13-23/h8-11,16-17H,3-7,12-15H2,1-2H3,(H,22,25)/t16-,17-/m1/s1. The minimum absolute atomic E-state index is 0.198. The third-order valence-electron chi connectivity index (χ3n) is 5.25. The Morgan fingerprint density at radius 3 is 2.07 bits per heavy atom. The second-order valence-electron chi connectivity index (χ2n) is 7.72. The third kappa shape index (κ3) is 5.45. The molecule has 1 aromatic carbocycles. The molecule has 2 aliphatic rings. The Balaban J connectivity index is 1.57. The fraction of sp³-hybridized carbons (Fsp3) is 0.619. The third-order valence-corrected chi connectivity index (χ3v) is 5.25. The minimum atomic E-state index is -0.544. The van der Waals surface area contributed by atoms with E-state index >= 15 is 0 Å². The molecule has 2 aliphatic heterocycles. The van der Waals surface area contributed by atoms with Crippen LogP contribution >= 0.6 is 0 Å². The quantitative estimate of drug-likeness (QED) is 0.810. The number of carbonyl (C=O) groups excluding carboxylic acids is 2. The van der Waals surface area contributed by atoms with Crippen LogP contribution in [0, 0.1) is 0 Å². The van der Waals surface area contributed by atoms with Gasteiger partial charge in [-0.3, -0.25) is 9.59 Å². The summed E-state index contributed by atoms with van der Waals surface area (Å²) in [5.41, 5.74) is 1.75. The molecule has 6 heteroatoms. The van der Waals surface area contributed by atoms with Crippen LogP contribution in [0.25, 0.3) is 0 Å². The molecule has 2 saturated heterocycles. The van der Waals surface area contributed by atoms with Crippen molar-refractivity contribution in [2.45, 2.75) is 58.2 Å². The van der Waals surface area contributed by atoms with E-state index in [1.807, 2.05) is 24.3 Å². The molecule has 2 heterocycles. The van der Waals surface area contributed by atoms with E-state index in [4.69, 9.17) is 4.74 Å². The summed E-state index contributed by atoms with van der Waals surface area (Å²) in [5.74, 6) is -0.964. The topological polar surface area (TPSA) is 61.9 Å². The molecule has 0 bridgehead atoms. The first-order valence-corrected chi connectivity index (χ1v) is 10.1. The highest BCUT2D eigenvalue weighted by atomic mass is 16.5. The van der Waals surface area contributed by atoms with Crippen LogP contribution in [-0.4, -0.2) is 55.1 Å². The first kappa shape index (κ1) is 19.7. The number of nitrogens with one attached hydrogen (secondary N) is 1. The normalized spacial score (nSPS) is 24.1. The maximum Gasteiger partial charge on any atom is 0.313 e. The Kier molecular flexibility index (Phi) is 6.72. The molecule has 0 aliphatic carbocycles. The summed E-state index contributed by atoms with van der Waals surface area (Å²) in [4.78, 5) is 28.8. The van der Waals surface area contributed by atoms with Crippen molar-refractivity contribution in [1.82, 2.24) is 4.90 Å². The highest BCUT2D eigenvalue weighted by molar-refractivity contribution is 6.39. The molecule has 6 nitrogen and oxygen atoms in total. The summed E-state index contributed by atoms with van der Waals surface area (Å²) >= 11 is 0. The summed E-state index contributed by atoms with van der Waals surface area (Å²) in [6.45, 7) is 7.21. The van der Waals surface area contributed by atoms with Crippen LogP contribution in [0.5, 0.6) is 0 Å². The molecule has 2 atom stereocenters. The van der Waals surface area contributed by atoms with E-state index in [2.05, 4.69) is 24.1 Å². The predicted octanol–water partition coefficient (Wildman–Crippen LogP) is 3.03. The Labute approximate surface area is 161 Å². The number of ether oxygens (including phenoxy) is 1. The zero-order valence-corrected chi connectivity index (χ0v) is 16.4. The van der Waals surface area contributed by atoms with Crippen molar-refractivity contribution in [1.29, 1.82) is 0 Å². The molecule has 1 aromatic rings. The summed E-state index contributed by atoms with van der Waals surface area (Å²) < 4.78 is 5.77. The Bertz CT molecular complexity index is 629. The number of hydrogen-bond donors (Lipinski definition) is 1. The predicted molar refractivity (Wildman–Crippen MR) is 107 cm³/mol. The summed E-state index contributed by atoms with van der Waals surface area (Å²) in [6.07, 6.45) is 5.83. The Hall–Kier alpha value is -2.08. The Morgan fingerprint density at radius 2 is 1.48 bits per heavy atom. The lowest BCUT2D eigenvalue weighted by Crippen LogP contribution is -2.45. The maximum atomic E-state index is 12.4. The summed E-state index contributed by atoms with van der Waals surface area (Å²) in [7, 11) is 0.